The number of rotatable bonds is 3. The summed E-state index contributed by atoms with van der Waals surface area (Å²) in [5, 5.41) is 13.5. The highest BCUT2D eigenvalue weighted by Crippen LogP contribution is 2.36. The average Bonchev–Trinajstić information content (AvgIpc) is 2.66. The van der Waals surface area contributed by atoms with Crippen LogP contribution in [0, 0.1) is 0 Å². The number of aryl methyl sites for hydroxylation is 1. The Bertz CT molecular complexity index is 486. The zero-order valence-electron chi connectivity index (χ0n) is 11.9. The third-order valence-electron chi connectivity index (χ3n) is 3.65. The molecule has 0 aromatic carbocycles. The smallest absolute Gasteiger partial charge is 0.305 e. The number of nitrogens with zero attached hydrogens (tertiary/aromatic N) is 2. The maximum atomic E-state index is 10.7. The molecular formula is C14H23N3O2. The normalized spacial score (nSPS) is 19.3. The lowest BCUT2D eigenvalue weighted by atomic mass is 9.82. The fraction of sp³-hybridized carbons (Fsp3) is 0.714. The van der Waals surface area contributed by atoms with E-state index in [0.717, 1.165) is 36.2 Å². The Morgan fingerprint density at radius 2 is 2.21 bits per heavy atom. The van der Waals surface area contributed by atoms with Gasteiger partial charge in [-0.15, -0.1) is 0 Å². The Labute approximate surface area is 113 Å². The Morgan fingerprint density at radius 1 is 1.53 bits per heavy atom. The van der Waals surface area contributed by atoms with E-state index in [4.69, 9.17) is 10.8 Å². The van der Waals surface area contributed by atoms with Gasteiger partial charge in [0.05, 0.1) is 18.7 Å². The molecular weight excluding hydrogens is 242 g/mol. The number of fused-ring (bicyclic) bond motifs is 1. The minimum Gasteiger partial charge on any atom is -0.481 e. The molecule has 0 saturated heterocycles. The fourth-order valence-electron chi connectivity index (χ4n) is 2.74. The minimum absolute atomic E-state index is 0.0385. The van der Waals surface area contributed by atoms with Gasteiger partial charge in [0.1, 0.15) is 0 Å². The lowest BCUT2D eigenvalue weighted by Gasteiger charge is -2.24. The number of carboxylic acid groups (broad SMARTS) is 1. The van der Waals surface area contributed by atoms with Gasteiger partial charge in [-0.2, -0.15) is 5.10 Å². The molecule has 1 aliphatic carbocycles. The molecule has 19 heavy (non-hydrogen) atoms. The maximum Gasteiger partial charge on any atom is 0.305 e. The van der Waals surface area contributed by atoms with E-state index in [-0.39, 0.29) is 17.9 Å². The summed E-state index contributed by atoms with van der Waals surface area (Å²) >= 11 is 0. The first-order valence-electron chi connectivity index (χ1n) is 6.88. The number of hydrogen-bond donors (Lipinski definition) is 2. The molecule has 1 aromatic rings. The van der Waals surface area contributed by atoms with Gasteiger partial charge in [-0.05, 0) is 19.3 Å². The second-order valence-electron chi connectivity index (χ2n) is 6.32. The van der Waals surface area contributed by atoms with Gasteiger partial charge in [-0.3, -0.25) is 9.48 Å². The number of aliphatic carboxylic acids is 1. The molecule has 1 atom stereocenters. The van der Waals surface area contributed by atoms with Crippen molar-refractivity contribution < 1.29 is 9.90 Å². The molecule has 2 rings (SSSR count). The fourth-order valence-corrected chi connectivity index (χ4v) is 2.74. The van der Waals surface area contributed by atoms with E-state index in [0.29, 0.717) is 6.54 Å². The van der Waals surface area contributed by atoms with Gasteiger partial charge in [0, 0.05) is 22.7 Å². The van der Waals surface area contributed by atoms with E-state index in [1.54, 1.807) is 0 Å². The second kappa shape index (κ2) is 4.96. The molecule has 1 unspecified atom stereocenters. The summed E-state index contributed by atoms with van der Waals surface area (Å²) in [6, 6.07) is 0.0385. The van der Waals surface area contributed by atoms with Gasteiger partial charge in [-0.25, -0.2) is 0 Å². The van der Waals surface area contributed by atoms with Gasteiger partial charge >= 0.3 is 5.97 Å². The molecule has 5 nitrogen and oxygen atoms in total. The summed E-state index contributed by atoms with van der Waals surface area (Å²) < 4.78 is 1.86. The summed E-state index contributed by atoms with van der Waals surface area (Å²) in [5.41, 5.74) is 9.51. The quantitative estimate of drug-likeness (QED) is 0.875. The van der Waals surface area contributed by atoms with Crippen LogP contribution < -0.4 is 5.73 Å². The van der Waals surface area contributed by atoms with Crippen LogP contribution in [0.1, 0.15) is 63.0 Å². The van der Waals surface area contributed by atoms with E-state index in [1.165, 1.54) is 0 Å². The molecule has 0 aliphatic heterocycles. The Hall–Kier alpha value is -1.36. The van der Waals surface area contributed by atoms with Gasteiger partial charge in [-0.1, -0.05) is 20.8 Å². The number of carbonyl (C=O) groups is 1. The van der Waals surface area contributed by atoms with Crippen LogP contribution in [0.4, 0.5) is 0 Å². The topological polar surface area (TPSA) is 81.1 Å². The lowest BCUT2D eigenvalue weighted by Crippen LogP contribution is -2.22. The van der Waals surface area contributed by atoms with Crippen molar-refractivity contribution in [2.24, 2.45) is 5.73 Å². The van der Waals surface area contributed by atoms with E-state index in [1.807, 2.05) is 4.68 Å². The van der Waals surface area contributed by atoms with Crippen molar-refractivity contribution in [2.75, 3.05) is 0 Å². The Morgan fingerprint density at radius 3 is 2.79 bits per heavy atom. The third-order valence-corrected chi connectivity index (χ3v) is 3.65. The van der Waals surface area contributed by atoms with Crippen LogP contribution in [0.15, 0.2) is 0 Å². The van der Waals surface area contributed by atoms with Crippen LogP contribution in [0.2, 0.25) is 0 Å². The summed E-state index contributed by atoms with van der Waals surface area (Å²) in [5.74, 6) is -0.790. The lowest BCUT2D eigenvalue weighted by molar-refractivity contribution is -0.137. The largest absolute Gasteiger partial charge is 0.481 e. The predicted molar refractivity (Wildman–Crippen MR) is 73.0 cm³/mol. The first kappa shape index (κ1) is 14.1. The summed E-state index contributed by atoms with van der Waals surface area (Å²) in [4.78, 5) is 10.7. The molecule has 1 aromatic heterocycles. The molecule has 0 saturated carbocycles. The van der Waals surface area contributed by atoms with Gasteiger partial charge in [0.25, 0.3) is 0 Å². The molecule has 0 amide bonds. The summed E-state index contributed by atoms with van der Waals surface area (Å²) in [6.07, 6.45) is 3.09. The summed E-state index contributed by atoms with van der Waals surface area (Å²) in [7, 11) is 0. The van der Waals surface area contributed by atoms with Crippen molar-refractivity contribution in [2.45, 2.75) is 64.5 Å². The van der Waals surface area contributed by atoms with Crippen LogP contribution >= 0.6 is 0 Å². The van der Waals surface area contributed by atoms with Crippen LogP contribution in [0.5, 0.6) is 0 Å². The highest BCUT2D eigenvalue weighted by atomic mass is 16.4. The van der Waals surface area contributed by atoms with Gasteiger partial charge in [0.2, 0.25) is 0 Å². The van der Waals surface area contributed by atoms with Crippen molar-refractivity contribution in [1.82, 2.24) is 9.78 Å². The van der Waals surface area contributed by atoms with E-state index >= 15 is 0 Å². The molecule has 0 fully saturated rings. The van der Waals surface area contributed by atoms with Crippen LogP contribution in [-0.4, -0.2) is 20.9 Å². The number of aromatic nitrogens is 2. The first-order valence-corrected chi connectivity index (χ1v) is 6.88. The SMILES string of the molecule is CC(C)(C)c1nn(CCC(=O)O)c2c1C(N)CCC2. The molecule has 106 valence electrons. The standard InChI is InChI=1S/C14H23N3O2/c1-14(2,3)13-12-9(15)5-4-6-10(12)17(16-13)8-7-11(18)19/h9H,4-8,15H2,1-3H3,(H,18,19). The van der Waals surface area contributed by atoms with Crippen LogP contribution in [0.3, 0.4) is 0 Å². The molecule has 0 bridgehead atoms. The maximum absolute atomic E-state index is 10.7. The van der Waals surface area contributed by atoms with E-state index < -0.39 is 5.97 Å². The van der Waals surface area contributed by atoms with Crippen LogP contribution in [-0.2, 0) is 23.2 Å². The monoisotopic (exact) mass is 265 g/mol. The highest BCUT2D eigenvalue weighted by Gasteiger charge is 2.31. The predicted octanol–water partition coefficient (Wildman–Crippen LogP) is 1.99. The van der Waals surface area contributed by atoms with Crippen molar-refractivity contribution in [3.8, 4) is 0 Å². The van der Waals surface area contributed by atoms with Crippen molar-refractivity contribution in [1.29, 1.82) is 0 Å². The number of carboxylic acids is 1. The molecule has 5 heteroatoms. The zero-order chi connectivity index (χ0) is 14.2. The summed E-state index contributed by atoms with van der Waals surface area (Å²) in [6.45, 7) is 6.80. The van der Waals surface area contributed by atoms with Gasteiger partial charge in [0.15, 0.2) is 0 Å². The van der Waals surface area contributed by atoms with Gasteiger partial charge < -0.3 is 10.8 Å². The Balaban J connectivity index is 2.43. The zero-order valence-corrected chi connectivity index (χ0v) is 11.9. The van der Waals surface area contributed by atoms with Crippen molar-refractivity contribution in [3.05, 3.63) is 17.0 Å². The number of hydrogen-bond acceptors (Lipinski definition) is 3. The third kappa shape index (κ3) is 2.81. The molecule has 3 N–H and O–H groups in total. The van der Waals surface area contributed by atoms with E-state index in [9.17, 15) is 4.79 Å². The van der Waals surface area contributed by atoms with Crippen molar-refractivity contribution in [3.63, 3.8) is 0 Å². The van der Waals surface area contributed by atoms with E-state index in [2.05, 4.69) is 25.9 Å². The average molecular weight is 265 g/mol. The second-order valence-corrected chi connectivity index (χ2v) is 6.32. The highest BCUT2D eigenvalue weighted by molar-refractivity contribution is 5.66. The minimum atomic E-state index is -0.790. The molecule has 1 heterocycles. The Kier molecular flexibility index (Phi) is 3.67. The first-order chi connectivity index (χ1) is 8.80. The van der Waals surface area contributed by atoms with Crippen molar-refractivity contribution >= 4 is 5.97 Å². The van der Waals surface area contributed by atoms with Crippen LogP contribution in [0.25, 0.3) is 0 Å². The molecule has 1 aliphatic rings. The molecule has 0 spiro atoms. The molecule has 0 radical (unpaired) electrons. The number of nitrogens with two attached hydrogens (primary N) is 1.